The Morgan fingerprint density at radius 1 is 0.781 bits per heavy atom. The number of carbonyl (C=O) groups is 2. The second kappa shape index (κ2) is 8.29. The van der Waals surface area contributed by atoms with Crippen LogP contribution in [0.15, 0.2) is 60.3 Å². The molecule has 0 aliphatic carbocycles. The molecule has 1 heterocycles. The highest BCUT2D eigenvalue weighted by molar-refractivity contribution is 6.46. The average molecular weight is 445 g/mol. The summed E-state index contributed by atoms with van der Waals surface area (Å²) in [6, 6.07) is 17.0. The highest BCUT2D eigenvalue weighted by atomic mass is 35.5. The molecule has 4 nitrogen and oxygen atoms in total. The van der Waals surface area contributed by atoms with Gasteiger partial charge in [0.2, 0.25) is 0 Å². The number of imide groups is 1. The van der Waals surface area contributed by atoms with E-state index in [2.05, 4.69) is 5.32 Å². The van der Waals surface area contributed by atoms with Crippen LogP contribution in [0.5, 0.6) is 0 Å². The topological polar surface area (TPSA) is 49.4 Å². The van der Waals surface area contributed by atoms with Crippen LogP contribution >= 0.6 is 11.6 Å². The van der Waals surface area contributed by atoms with Gasteiger partial charge in [0.05, 0.1) is 11.3 Å². The summed E-state index contributed by atoms with van der Waals surface area (Å²) in [5, 5.41) is 3.79. The molecule has 0 unspecified atom stereocenters. The number of halogens is 1. The first-order valence-corrected chi connectivity index (χ1v) is 10.9. The summed E-state index contributed by atoms with van der Waals surface area (Å²) in [6.07, 6.45) is 0. The fraction of sp³-hybridized carbons (Fsp3) is 0.185. The monoisotopic (exact) mass is 444 g/mol. The minimum absolute atomic E-state index is 0.253. The van der Waals surface area contributed by atoms with E-state index in [1.807, 2.05) is 83.1 Å². The van der Waals surface area contributed by atoms with Gasteiger partial charge in [0.1, 0.15) is 5.70 Å². The lowest BCUT2D eigenvalue weighted by Gasteiger charge is -2.19. The van der Waals surface area contributed by atoms with Crippen LogP contribution < -0.4 is 10.2 Å². The van der Waals surface area contributed by atoms with Gasteiger partial charge in [0.25, 0.3) is 11.8 Å². The van der Waals surface area contributed by atoms with Gasteiger partial charge in [-0.1, -0.05) is 53.6 Å². The number of nitrogens with zero attached hydrogens (tertiary/aromatic N) is 1. The van der Waals surface area contributed by atoms with Gasteiger partial charge in [-0.25, -0.2) is 4.90 Å². The third kappa shape index (κ3) is 3.71. The summed E-state index contributed by atoms with van der Waals surface area (Å²) in [7, 11) is 0. The number of hydrogen-bond acceptors (Lipinski definition) is 3. The normalized spacial score (nSPS) is 13.9. The van der Waals surface area contributed by atoms with E-state index in [0.29, 0.717) is 22.0 Å². The Morgan fingerprint density at radius 2 is 1.53 bits per heavy atom. The second-order valence-corrected chi connectivity index (χ2v) is 8.73. The van der Waals surface area contributed by atoms with Crippen LogP contribution in [0.3, 0.4) is 0 Å². The average Bonchev–Trinajstić information content (AvgIpc) is 2.97. The number of aryl methyl sites for hydroxylation is 4. The van der Waals surface area contributed by atoms with E-state index in [4.69, 9.17) is 11.6 Å². The lowest BCUT2D eigenvalue weighted by atomic mass is 9.97. The van der Waals surface area contributed by atoms with Gasteiger partial charge in [-0.3, -0.25) is 9.59 Å². The summed E-state index contributed by atoms with van der Waals surface area (Å²) >= 11 is 6.30. The summed E-state index contributed by atoms with van der Waals surface area (Å²) in [5.41, 5.74) is 7.49. The maximum absolute atomic E-state index is 13.7. The molecule has 0 saturated heterocycles. The minimum Gasteiger partial charge on any atom is -0.350 e. The molecule has 0 saturated carbocycles. The second-order valence-electron chi connectivity index (χ2n) is 8.32. The van der Waals surface area contributed by atoms with Gasteiger partial charge >= 0.3 is 0 Å². The van der Waals surface area contributed by atoms with Crippen molar-refractivity contribution in [1.82, 2.24) is 0 Å². The molecule has 0 spiro atoms. The summed E-state index contributed by atoms with van der Waals surface area (Å²) in [4.78, 5) is 28.6. The van der Waals surface area contributed by atoms with E-state index < -0.39 is 0 Å². The summed E-state index contributed by atoms with van der Waals surface area (Å²) in [6.45, 7) is 9.76. The van der Waals surface area contributed by atoms with E-state index in [1.165, 1.54) is 4.90 Å². The van der Waals surface area contributed by atoms with Crippen molar-refractivity contribution in [3.63, 3.8) is 0 Å². The minimum atomic E-state index is -0.379. The van der Waals surface area contributed by atoms with Crippen molar-refractivity contribution >= 4 is 40.4 Å². The highest BCUT2D eigenvalue weighted by Gasteiger charge is 2.41. The molecule has 4 rings (SSSR count). The van der Waals surface area contributed by atoms with Crippen LogP contribution in [0.4, 0.5) is 11.4 Å². The van der Waals surface area contributed by atoms with E-state index in [1.54, 1.807) is 6.07 Å². The number of nitrogens with one attached hydrogen (secondary N) is 1. The van der Waals surface area contributed by atoms with Gasteiger partial charge in [0.15, 0.2) is 0 Å². The Bertz CT molecular complexity index is 1310. The molecule has 32 heavy (non-hydrogen) atoms. The SMILES string of the molecule is Cc1ccc(C2=C(Nc3ccc(C)c(Cl)c3)C(=O)N(c3cccc(C)c3C)C2=O)c(C)c1. The number of carbonyl (C=O) groups excluding carboxylic acids is 2. The summed E-state index contributed by atoms with van der Waals surface area (Å²) < 4.78 is 0. The molecule has 162 valence electrons. The molecule has 2 amide bonds. The molecule has 0 radical (unpaired) electrons. The van der Waals surface area contributed by atoms with Crippen molar-refractivity contribution in [3.8, 4) is 0 Å². The molecule has 0 atom stereocenters. The van der Waals surface area contributed by atoms with E-state index in [9.17, 15) is 9.59 Å². The maximum Gasteiger partial charge on any atom is 0.282 e. The van der Waals surface area contributed by atoms with Crippen molar-refractivity contribution in [1.29, 1.82) is 0 Å². The Kier molecular flexibility index (Phi) is 5.66. The fourth-order valence-electron chi connectivity index (χ4n) is 4.00. The van der Waals surface area contributed by atoms with Gasteiger partial charge in [0, 0.05) is 10.7 Å². The van der Waals surface area contributed by atoms with Crippen LogP contribution in [0.1, 0.15) is 33.4 Å². The molecule has 3 aromatic rings. The van der Waals surface area contributed by atoms with Gasteiger partial charge in [-0.2, -0.15) is 0 Å². The molecule has 1 aliphatic heterocycles. The highest BCUT2D eigenvalue weighted by Crippen LogP contribution is 2.37. The lowest BCUT2D eigenvalue weighted by molar-refractivity contribution is -0.120. The number of hydrogen-bond donors (Lipinski definition) is 1. The zero-order chi connectivity index (χ0) is 23.2. The molecular formula is C27H25ClN2O2. The number of rotatable bonds is 4. The third-order valence-electron chi connectivity index (χ3n) is 5.99. The van der Waals surface area contributed by atoms with Crippen molar-refractivity contribution in [2.45, 2.75) is 34.6 Å². The molecular weight excluding hydrogens is 420 g/mol. The molecule has 1 aliphatic rings. The Hall–Kier alpha value is -3.37. The third-order valence-corrected chi connectivity index (χ3v) is 6.40. The van der Waals surface area contributed by atoms with E-state index in [-0.39, 0.29) is 17.5 Å². The molecule has 1 N–H and O–H groups in total. The largest absolute Gasteiger partial charge is 0.350 e. The molecule has 0 bridgehead atoms. The van der Waals surface area contributed by atoms with E-state index in [0.717, 1.165) is 33.4 Å². The molecule has 5 heteroatoms. The number of anilines is 2. The van der Waals surface area contributed by atoms with Gasteiger partial charge in [-0.05, 0) is 80.6 Å². The maximum atomic E-state index is 13.7. The predicted octanol–water partition coefficient (Wildman–Crippen LogP) is 6.28. The van der Waals surface area contributed by atoms with Crippen LogP contribution in [0.2, 0.25) is 5.02 Å². The first-order chi connectivity index (χ1) is 15.2. The quantitative estimate of drug-likeness (QED) is 0.482. The van der Waals surface area contributed by atoms with Gasteiger partial charge < -0.3 is 5.32 Å². The zero-order valence-corrected chi connectivity index (χ0v) is 19.6. The summed E-state index contributed by atoms with van der Waals surface area (Å²) in [5.74, 6) is -0.716. The number of benzene rings is 3. The first-order valence-electron chi connectivity index (χ1n) is 10.5. The van der Waals surface area contributed by atoms with Crippen LogP contribution in [-0.4, -0.2) is 11.8 Å². The van der Waals surface area contributed by atoms with E-state index >= 15 is 0 Å². The first kappa shape index (κ1) is 21.8. The van der Waals surface area contributed by atoms with Crippen LogP contribution in [0, 0.1) is 34.6 Å². The van der Waals surface area contributed by atoms with Crippen molar-refractivity contribution in [2.75, 3.05) is 10.2 Å². The zero-order valence-electron chi connectivity index (χ0n) is 18.8. The van der Waals surface area contributed by atoms with Gasteiger partial charge in [-0.15, -0.1) is 0 Å². The molecule has 3 aromatic carbocycles. The van der Waals surface area contributed by atoms with Crippen LogP contribution in [-0.2, 0) is 9.59 Å². The van der Waals surface area contributed by atoms with Crippen molar-refractivity contribution in [2.24, 2.45) is 0 Å². The lowest BCUT2D eigenvalue weighted by Crippen LogP contribution is -2.33. The standard InChI is InChI=1S/C27H25ClN2O2/c1-15-9-12-21(18(4)13-15)24-25(29-20-11-10-17(3)22(28)14-20)27(32)30(26(24)31)23-8-6-7-16(2)19(23)5/h6-14,29H,1-5H3. The Labute approximate surface area is 193 Å². The molecule has 0 fully saturated rings. The number of amides is 2. The van der Waals surface area contributed by atoms with Crippen molar-refractivity contribution < 1.29 is 9.59 Å². The Morgan fingerprint density at radius 3 is 2.22 bits per heavy atom. The fourth-order valence-corrected chi connectivity index (χ4v) is 4.18. The van der Waals surface area contributed by atoms with Crippen LogP contribution in [0.25, 0.3) is 5.57 Å². The van der Waals surface area contributed by atoms with Crippen molar-refractivity contribution in [3.05, 3.63) is 98.7 Å². The smallest absolute Gasteiger partial charge is 0.282 e. The Balaban J connectivity index is 1.89. The molecule has 0 aromatic heterocycles. The predicted molar refractivity (Wildman–Crippen MR) is 131 cm³/mol.